The second-order valence-corrected chi connectivity index (χ2v) is 4.84. The molecule has 0 bridgehead atoms. The number of nitro groups is 1. The first-order valence-corrected chi connectivity index (χ1v) is 6.60. The van der Waals surface area contributed by atoms with Crippen LogP contribution in [0.25, 0.3) is 0 Å². The lowest BCUT2D eigenvalue weighted by atomic mass is 9.99. The molecule has 1 unspecified atom stereocenters. The smallest absolute Gasteiger partial charge is 0.310 e. The van der Waals surface area contributed by atoms with Crippen LogP contribution >= 0.6 is 15.9 Å². The van der Waals surface area contributed by atoms with Gasteiger partial charge < -0.3 is 4.74 Å². The Kier molecular flexibility index (Phi) is 5.41. The maximum Gasteiger partial charge on any atom is 0.310 e. The van der Waals surface area contributed by atoms with Gasteiger partial charge in [-0.25, -0.2) is 0 Å². The standard InChI is InChI=1S/C12H16BrNO3/c1-9(2)10(7-13)8-17-12-6-4-3-5-11(12)14(15)16/h3-6,9-10H,7-8H2,1-2H3. The monoisotopic (exact) mass is 301 g/mol. The van der Waals surface area contributed by atoms with Gasteiger partial charge in [0.25, 0.3) is 0 Å². The van der Waals surface area contributed by atoms with Gasteiger partial charge in [-0.15, -0.1) is 0 Å². The number of para-hydroxylation sites is 2. The first-order valence-electron chi connectivity index (χ1n) is 5.48. The van der Waals surface area contributed by atoms with Crippen LogP contribution in [-0.2, 0) is 0 Å². The van der Waals surface area contributed by atoms with Gasteiger partial charge in [0.2, 0.25) is 0 Å². The predicted molar refractivity (Wildman–Crippen MR) is 70.7 cm³/mol. The van der Waals surface area contributed by atoms with Gasteiger partial charge in [-0.3, -0.25) is 10.1 Å². The zero-order chi connectivity index (χ0) is 12.8. The van der Waals surface area contributed by atoms with E-state index in [9.17, 15) is 10.1 Å². The molecule has 17 heavy (non-hydrogen) atoms. The lowest BCUT2D eigenvalue weighted by Gasteiger charge is -2.18. The molecule has 0 aliphatic heterocycles. The normalized spacial score (nSPS) is 12.5. The molecule has 0 fully saturated rings. The lowest BCUT2D eigenvalue weighted by Crippen LogP contribution is -2.19. The van der Waals surface area contributed by atoms with Crippen LogP contribution in [0, 0.1) is 22.0 Å². The number of ether oxygens (including phenoxy) is 1. The molecule has 0 saturated heterocycles. The second-order valence-electron chi connectivity index (χ2n) is 4.19. The molecule has 1 atom stereocenters. The van der Waals surface area contributed by atoms with Gasteiger partial charge >= 0.3 is 5.69 Å². The van der Waals surface area contributed by atoms with Crippen molar-refractivity contribution in [1.29, 1.82) is 0 Å². The minimum absolute atomic E-state index is 0.0181. The van der Waals surface area contributed by atoms with Crippen molar-refractivity contribution < 1.29 is 9.66 Å². The number of nitrogens with zero attached hydrogens (tertiary/aromatic N) is 1. The van der Waals surface area contributed by atoms with E-state index < -0.39 is 4.92 Å². The average molecular weight is 302 g/mol. The number of nitro benzene ring substituents is 1. The predicted octanol–water partition coefficient (Wildman–Crippen LogP) is 3.64. The highest BCUT2D eigenvalue weighted by atomic mass is 79.9. The van der Waals surface area contributed by atoms with Crippen LogP contribution in [0.5, 0.6) is 5.75 Å². The number of hydrogen-bond donors (Lipinski definition) is 0. The summed E-state index contributed by atoms with van der Waals surface area (Å²) >= 11 is 3.42. The van der Waals surface area contributed by atoms with E-state index in [1.54, 1.807) is 18.2 Å². The molecular formula is C12H16BrNO3. The fraction of sp³-hybridized carbons (Fsp3) is 0.500. The van der Waals surface area contributed by atoms with Crippen LogP contribution in [-0.4, -0.2) is 16.9 Å². The number of hydrogen-bond acceptors (Lipinski definition) is 3. The summed E-state index contributed by atoms with van der Waals surface area (Å²) in [5.41, 5.74) is 0.0181. The molecule has 0 aromatic heterocycles. The molecule has 0 aliphatic carbocycles. The van der Waals surface area contributed by atoms with Crippen LogP contribution in [0.1, 0.15) is 13.8 Å². The van der Waals surface area contributed by atoms with Gasteiger partial charge in [0.15, 0.2) is 5.75 Å². The summed E-state index contributed by atoms with van der Waals surface area (Å²) in [5.74, 6) is 1.15. The van der Waals surface area contributed by atoms with Crippen molar-refractivity contribution in [1.82, 2.24) is 0 Å². The minimum Gasteiger partial charge on any atom is -0.486 e. The van der Waals surface area contributed by atoms with Crippen molar-refractivity contribution in [3.63, 3.8) is 0 Å². The fourth-order valence-corrected chi connectivity index (χ4v) is 2.28. The van der Waals surface area contributed by atoms with E-state index in [-0.39, 0.29) is 5.69 Å². The maximum atomic E-state index is 10.8. The molecule has 5 heteroatoms. The Hall–Kier alpha value is -1.10. The van der Waals surface area contributed by atoms with Crippen molar-refractivity contribution in [2.24, 2.45) is 11.8 Å². The van der Waals surface area contributed by atoms with E-state index in [1.807, 2.05) is 0 Å². The summed E-state index contributed by atoms with van der Waals surface area (Å²) in [6, 6.07) is 6.45. The van der Waals surface area contributed by atoms with Gasteiger partial charge in [0, 0.05) is 17.3 Å². The Balaban J connectivity index is 2.72. The Morgan fingerprint density at radius 3 is 2.59 bits per heavy atom. The van der Waals surface area contributed by atoms with Gasteiger partial charge in [0.1, 0.15) is 0 Å². The molecule has 0 spiro atoms. The maximum absolute atomic E-state index is 10.8. The highest BCUT2D eigenvalue weighted by Gasteiger charge is 2.17. The third kappa shape index (κ3) is 4.00. The molecule has 0 aliphatic rings. The summed E-state index contributed by atoms with van der Waals surface area (Å²) in [6.07, 6.45) is 0. The molecule has 94 valence electrons. The largest absolute Gasteiger partial charge is 0.486 e. The quantitative estimate of drug-likeness (QED) is 0.458. The van der Waals surface area contributed by atoms with Crippen LogP contribution in [0.4, 0.5) is 5.69 Å². The summed E-state index contributed by atoms with van der Waals surface area (Å²) in [7, 11) is 0. The van der Waals surface area contributed by atoms with Crippen LogP contribution < -0.4 is 4.74 Å². The first kappa shape index (κ1) is 14.0. The number of benzene rings is 1. The van der Waals surface area contributed by atoms with Crippen molar-refractivity contribution in [2.75, 3.05) is 11.9 Å². The van der Waals surface area contributed by atoms with Crippen LogP contribution in [0.3, 0.4) is 0 Å². The summed E-state index contributed by atoms with van der Waals surface area (Å²) in [6.45, 7) is 4.69. The van der Waals surface area contributed by atoms with Crippen molar-refractivity contribution in [3.05, 3.63) is 34.4 Å². The molecular weight excluding hydrogens is 286 g/mol. The van der Waals surface area contributed by atoms with E-state index in [0.717, 1.165) is 5.33 Å². The Morgan fingerprint density at radius 1 is 1.41 bits per heavy atom. The number of alkyl halides is 1. The fourth-order valence-electron chi connectivity index (χ4n) is 1.34. The summed E-state index contributed by atoms with van der Waals surface area (Å²) in [4.78, 5) is 10.4. The molecule has 0 radical (unpaired) electrons. The second kappa shape index (κ2) is 6.59. The van der Waals surface area contributed by atoms with Crippen molar-refractivity contribution in [3.8, 4) is 5.75 Å². The molecule has 0 heterocycles. The average Bonchev–Trinajstić information content (AvgIpc) is 2.29. The minimum atomic E-state index is -0.423. The highest BCUT2D eigenvalue weighted by molar-refractivity contribution is 9.09. The van der Waals surface area contributed by atoms with Crippen LogP contribution in [0.2, 0.25) is 0 Å². The molecule has 1 aromatic rings. The zero-order valence-corrected chi connectivity index (χ0v) is 11.5. The van der Waals surface area contributed by atoms with E-state index in [4.69, 9.17) is 4.74 Å². The Bertz CT molecular complexity index is 382. The topological polar surface area (TPSA) is 52.4 Å². The molecule has 0 N–H and O–H groups in total. The highest BCUT2D eigenvalue weighted by Crippen LogP contribution is 2.27. The SMILES string of the molecule is CC(C)C(CBr)COc1ccccc1[N+](=O)[O-]. The molecule has 4 nitrogen and oxygen atoms in total. The summed E-state index contributed by atoms with van der Waals surface area (Å²) < 4.78 is 5.54. The van der Waals surface area contributed by atoms with E-state index in [2.05, 4.69) is 29.8 Å². The Labute approximate surface area is 109 Å². The molecule has 1 rings (SSSR count). The lowest BCUT2D eigenvalue weighted by molar-refractivity contribution is -0.385. The first-order chi connectivity index (χ1) is 8.06. The summed E-state index contributed by atoms with van der Waals surface area (Å²) in [5, 5.41) is 11.6. The third-order valence-corrected chi connectivity index (χ3v) is 3.49. The molecule has 0 saturated carbocycles. The third-order valence-electron chi connectivity index (χ3n) is 2.66. The van der Waals surface area contributed by atoms with Gasteiger partial charge in [-0.05, 0) is 12.0 Å². The van der Waals surface area contributed by atoms with Gasteiger partial charge in [-0.1, -0.05) is 41.9 Å². The zero-order valence-electron chi connectivity index (χ0n) is 9.93. The van der Waals surface area contributed by atoms with E-state index >= 15 is 0 Å². The van der Waals surface area contributed by atoms with E-state index in [0.29, 0.717) is 24.2 Å². The van der Waals surface area contributed by atoms with Crippen LogP contribution in [0.15, 0.2) is 24.3 Å². The number of halogens is 1. The Morgan fingerprint density at radius 2 is 2.06 bits per heavy atom. The van der Waals surface area contributed by atoms with Gasteiger partial charge in [0.05, 0.1) is 11.5 Å². The molecule has 1 aromatic carbocycles. The van der Waals surface area contributed by atoms with E-state index in [1.165, 1.54) is 6.07 Å². The number of rotatable bonds is 6. The van der Waals surface area contributed by atoms with Crippen molar-refractivity contribution >= 4 is 21.6 Å². The van der Waals surface area contributed by atoms with Gasteiger partial charge in [-0.2, -0.15) is 0 Å². The molecule has 0 amide bonds. The van der Waals surface area contributed by atoms with Crippen molar-refractivity contribution in [2.45, 2.75) is 13.8 Å².